The number of rotatable bonds is 8. The number of carbonyl (C=O) groups is 2. The predicted octanol–water partition coefficient (Wildman–Crippen LogP) is 2.89. The van der Waals surface area contributed by atoms with Gasteiger partial charge in [0, 0.05) is 26.2 Å². The van der Waals surface area contributed by atoms with Gasteiger partial charge in [0.15, 0.2) is 0 Å². The first-order chi connectivity index (χ1) is 16.3. The maximum Gasteiger partial charge on any atom is 0.409 e. The van der Waals surface area contributed by atoms with E-state index in [9.17, 15) is 18.0 Å². The molecule has 0 atom stereocenters. The summed E-state index contributed by atoms with van der Waals surface area (Å²) in [6, 6.07) is 13.1. The third-order valence-corrected chi connectivity index (χ3v) is 7.27. The second-order valence-electron chi connectivity index (χ2n) is 7.82. The molecule has 0 radical (unpaired) electrons. The quantitative estimate of drug-likeness (QED) is 0.566. The van der Waals surface area contributed by atoms with Crippen molar-refractivity contribution in [3.05, 3.63) is 54.1 Å². The number of hydrogen-bond donors (Lipinski definition) is 0. The molecule has 0 aliphatic carbocycles. The number of piperazine rings is 1. The van der Waals surface area contributed by atoms with E-state index in [1.807, 2.05) is 13.8 Å². The topological polar surface area (TPSA) is 96.5 Å². The highest BCUT2D eigenvalue weighted by atomic mass is 32.2. The standard InChI is InChI=1S/C24H31N3O6S/c1-4-32-21-10-12-22(13-11-21)34(30,31)27(20-8-6-19(3)7-9-20)18-23(28)25-14-16-26(17-15-25)24(29)33-5-2/h6-13H,4-5,14-18H2,1-3H3. The molecule has 2 aromatic carbocycles. The van der Waals surface area contributed by atoms with Crippen molar-refractivity contribution in [3.63, 3.8) is 0 Å². The van der Waals surface area contributed by atoms with Crippen LogP contribution in [0.1, 0.15) is 19.4 Å². The van der Waals surface area contributed by atoms with E-state index in [0.717, 1.165) is 9.87 Å². The zero-order chi connectivity index (χ0) is 24.7. The van der Waals surface area contributed by atoms with Gasteiger partial charge in [-0.1, -0.05) is 17.7 Å². The molecule has 2 amide bonds. The highest BCUT2D eigenvalue weighted by Crippen LogP contribution is 2.26. The summed E-state index contributed by atoms with van der Waals surface area (Å²) in [5.41, 5.74) is 1.38. The van der Waals surface area contributed by atoms with Crippen molar-refractivity contribution in [1.82, 2.24) is 9.80 Å². The SMILES string of the molecule is CCOC(=O)N1CCN(C(=O)CN(c2ccc(C)cc2)S(=O)(=O)c2ccc(OCC)cc2)CC1. The molecule has 0 saturated carbocycles. The van der Waals surface area contributed by atoms with Crippen LogP contribution in [0.3, 0.4) is 0 Å². The second kappa shape index (κ2) is 11.2. The second-order valence-corrected chi connectivity index (χ2v) is 9.68. The third kappa shape index (κ3) is 5.99. The minimum Gasteiger partial charge on any atom is -0.494 e. The summed E-state index contributed by atoms with van der Waals surface area (Å²) in [4.78, 5) is 28.2. The summed E-state index contributed by atoms with van der Waals surface area (Å²) in [7, 11) is -4.02. The number of benzene rings is 2. The van der Waals surface area contributed by atoms with Crippen LogP contribution < -0.4 is 9.04 Å². The number of sulfonamides is 1. The fourth-order valence-electron chi connectivity index (χ4n) is 3.60. The summed E-state index contributed by atoms with van der Waals surface area (Å²) < 4.78 is 38.7. The molecule has 1 aliphatic rings. The Morgan fingerprint density at radius 1 is 0.882 bits per heavy atom. The van der Waals surface area contributed by atoms with Gasteiger partial charge < -0.3 is 19.3 Å². The van der Waals surface area contributed by atoms with Crippen LogP contribution >= 0.6 is 0 Å². The smallest absolute Gasteiger partial charge is 0.409 e. The molecule has 1 aliphatic heterocycles. The Kier molecular flexibility index (Phi) is 8.38. The molecule has 0 N–H and O–H groups in total. The van der Waals surface area contributed by atoms with Crippen molar-refractivity contribution in [2.45, 2.75) is 25.7 Å². The van der Waals surface area contributed by atoms with Gasteiger partial charge >= 0.3 is 6.09 Å². The molecule has 0 bridgehead atoms. The number of anilines is 1. The van der Waals surface area contributed by atoms with Gasteiger partial charge in [-0.05, 0) is 57.2 Å². The Morgan fingerprint density at radius 2 is 1.47 bits per heavy atom. The van der Waals surface area contributed by atoms with E-state index in [1.165, 1.54) is 12.1 Å². The fraction of sp³-hybridized carbons (Fsp3) is 0.417. The van der Waals surface area contributed by atoms with E-state index in [2.05, 4.69) is 0 Å². The Bertz CT molecular complexity index is 1080. The van der Waals surface area contributed by atoms with Crippen molar-refractivity contribution in [3.8, 4) is 5.75 Å². The van der Waals surface area contributed by atoms with Crippen LogP contribution in [0.25, 0.3) is 0 Å². The first kappa shape index (κ1) is 25.4. The summed E-state index contributed by atoms with van der Waals surface area (Å²) in [5, 5.41) is 0. The summed E-state index contributed by atoms with van der Waals surface area (Å²) in [6.45, 7) is 7.18. The highest BCUT2D eigenvalue weighted by Gasteiger charge is 2.31. The highest BCUT2D eigenvalue weighted by molar-refractivity contribution is 7.92. The molecule has 0 unspecified atom stereocenters. The lowest BCUT2D eigenvalue weighted by molar-refractivity contribution is -0.131. The molecule has 10 heteroatoms. The Hall–Kier alpha value is -3.27. The molecular formula is C24H31N3O6S. The van der Waals surface area contributed by atoms with Gasteiger partial charge in [-0.3, -0.25) is 9.10 Å². The number of carbonyl (C=O) groups excluding carboxylic acids is 2. The number of ether oxygens (including phenoxy) is 2. The number of nitrogens with zero attached hydrogens (tertiary/aromatic N) is 3. The zero-order valence-corrected chi connectivity index (χ0v) is 20.6. The summed E-state index contributed by atoms with van der Waals surface area (Å²) >= 11 is 0. The average Bonchev–Trinajstić information content (AvgIpc) is 2.84. The van der Waals surface area contributed by atoms with Gasteiger partial charge in [-0.15, -0.1) is 0 Å². The summed E-state index contributed by atoms with van der Waals surface area (Å²) in [5.74, 6) is 0.234. The van der Waals surface area contributed by atoms with Gasteiger partial charge in [0.2, 0.25) is 5.91 Å². The molecule has 1 saturated heterocycles. The lowest BCUT2D eigenvalue weighted by Gasteiger charge is -2.35. The van der Waals surface area contributed by atoms with Crippen molar-refractivity contribution < 1.29 is 27.5 Å². The Balaban J connectivity index is 1.81. The number of hydrogen-bond acceptors (Lipinski definition) is 6. The first-order valence-electron chi connectivity index (χ1n) is 11.3. The fourth-order valence-corrected chi connectivity index (χ4v) is 5.02. The molecule has 184 valence electrons. The molecule has 1 fully saturated rings. The van der Waals surface area contributed by atoms with E-state index in [0.29, 0.717) is 44.2 Å². The van der Waals surface area contributed by atoms with Crippen LogP contribution in [0.2, 0.25) is 0 Å². The first-order valence-corrected chi connectivity index (χ1v) is 12.7. The maximum absolute atomic E-state index is 13.6. The van der Waals surface area contributed by atoms with Crippen molar-refractivity contribution >= 4 is 27.7 Å². The van der Waals surface area contributed by atoms with Crippen LogP contribution in [0.4, 0.5) is 10.5 Å². The van der Waals surface area contributed by atoms with Crippen LogP contribution in [0.5, 0.6) is 5.75 Å². The summed E-state index contributed by atoms with van der Waals surface area (Å²) in [6.07, 6.45) is -0.408. The van der Waals surface area contributed by atoms with Gasteiger partial charge in [0.1, 0.15) is 12.3 Å². The van der Waals surface area contributed by atoms with Crippen LogP contribution in [-0.4, -0.2) is 76.2 Å². The van der Waals surface area contributed by atoms with E-state index < -0.39 is 16.1 Å². The molecular weight excluding hydrogens is 458 g/mol. The molecule has 9 nitrogen and oxygen atoms in total. The third-order valence-electron chi connectivity index (χ3n) is 5.48. The van der Waals surface area contributed by atoms with Gasteiger partial charge in [-0.2, -0.15) is 0 Å². The van der Waals surface area contributed by atoms with Crippen molar-refractivity contribution in [2.24, 2.45) is 0 Å². The average molecular weight is 490 g/mol. The lowest BCUT2D eigenvalue weighted by Crippen LogP contribution is -2.53. The van der Waals surface area contributed by atoms with Gasteiger partial charge in [0.25, 0.3) is 10.0 Å². The Morgan fingerprint density at radius 3 is 2.03 bits per heavy atom. The zero-order valence-electron chi connectivity index (χ0n) is 19.8. The molecule has 0 aromatic heterocycles. The predicted molar refractivity (Wildman–Crippen MR) is 128 cm³/mol. The molecule has 34 heavy (non-hydrogen) atoms. The van der Waals surface area contributed by atoms with Crippen molar-refractivity contribution in [1.29, 1.82) is 0 Å². The number of amides is 2. The van der Waals surface area contributed by atoms with E-state index in [1.54, 1.807) is 53.1 Å². The maximum atomic E-state index is 13.6. The van der Waals surface area contributed by atoms with E-state index >= 15 is 0 Å². The van der Waals surface area contributed by atoms with E-state index in [-0.39, 0.29) is 24.0 Å². The molecule has 2 aromatic rings. The van der Waals surface area contributed by atoms with Gasteiger partial charge in [-0.25, -0.2) is 13.2 Å². The van der Waals surface area contributed by atoms with Crippen molar-refractivity contribution in [2.75, 3.05) is 50.2 Å². The van der Waals surface area contributed by atoms with Crippen LogP contribution in [0, 0.1) is 6.92 Å². The van der Waals surface area contributed by atoms with Crippen LogP contribution in [0.15, 0.2) is 53.4 Å². The number of aryl methyl sites for hydroxylation is 1. The van der Waals surface area contributed by atoms with E-state index in [4.69, 9.17) is 9.47 Å². The minimum absolute atomic E-state index is 0.0662. The van der Waals surface area contributed by atoms with Gasteiger partial charge in [0.05, 0.1) is 23.8 Å². The normalized spacial score (nSPS) is 14.0. The molecule has 3 rings (SSSR count). The largest absolute Gasteiger partial charge is 0.494 e. The van der Waals surface area contributed by atoms with Crippen LogP contribution in [-0.2, 0) is 19.6 Å². The Labute approximate surface area is 200 Å². The lowest BCUT2D eigenvalue weighted by atomic mass is 10.2. The molecule has 0 spiro atoms. The minimum atomic E-state index is -4.02. The monoisotopic (exact) mass is 489 g/mol. The molecule has 1 heterocycles.